The Bertz CT molecular complexity index is 894. The fourth-order valence-electron chi connectivity index (χ4n) is 2.91. The first kappa shape index (κ1) is 30.8. The van der Waals surface area contributed by atoms with Gasteiger partial charge in [-0.05, 0) is 57.6 Å². The summed E-state index contributed by atoms with van der Waals surface area (Å²) >= 11 is 0. The monoisotopic (exact) mass is 493 g/mol. The Morgan fingerprint density at radius 1 is 0.972 bits per heavy atom. The van der Waals surface area contributed by atoms with Crippen molar-refractivity contribution in [2.75, 3.05) is 6.61 Å². The molecule has 0 saturated heterocycles. The van der Waals surface area contributed by atoms with Crippen molar-refractivity contribution in [3.8, 4) is 0 Å². The summed E-state index contributed by atoms with van der Waals surface area (Å²) in [6, 6.07) is 3.34. The number of esters is 2. The minimum absolute atomic E-state index is 0.186. The molecule has 5 heteroatoms. The fourth-order valence-corrected chi connectivity index (χ4v) is 2.91. The van der Waals surface area contributed by atoms with E-state index in [1.807, 2.05) is 26.0 Å². The van der Waals surface area contributed by atoms with E-state index in [0.29, 0.717) is 12.0 Å². The maximum atomic E-state index is 12.2. The lowest BCUT2D eigenvalue weighted by molar-refractivity contribution is -0.149. The lowest BCUT2D eigenvalue weighted by atomic mass is 9.88. The molecular weight excluding hydrogens is 450 g/mol. The SMILES string of the molecule is CC/C=C\C/C=C\C/C=C\C/C=C/C=C\CCCC(=O)OCC(C)(C)C(C)OC(=O)c1cccnc1. The van der Waals surface area contributed by atoms with Crippen molar-refractivity contribution < 1.29 is 19.1 Å². The van der Waals surface area contributed by atoms with E-state index in [1.165, 1.54) is 6.20 Å². The number of pyridine rings is 1. The number of carbonyl (C=O) groups is 2. The van der Waals surface area contributed by atoms with E-state index in [2.05, 4.69) is 60.5 Å². The molecule has 0 N–H and O–H groups in total. The van der Waals surface area contributed by atoms with E-state index in [-0.39, 0.29) is 12.6 Å². The Morgan fingerprint density at radius 2 is 1.61 bits per heavy atom. The van der Waals surface area contributed by atoms with Crippen LogP contribution in [0.4, 0.5) is 0 Å². The van der Waals surface area contributed by atoms with Crippen LogP contribution in [0, 0.1) is 5.41 Å². The lowest BCUT2D eigenvalue weighted by Crippen LogP contribution is -2.36. The summed E-state index contributed by atoms with van der Waals surface area (Å²) in [5.74, 6) is -0.673. The van der Waals surface area contributed by atoms with Crippen molar-refractivity contribution in [3.63, 3.8) is 0 Å². The molecule has 1 aromatic rings. The van der Waals surface area contributed by atoms with E-state index < -0.39 is 17.5 Å². The molecule has 5 nitrogen and oxygen atoms in total. The summed E-state index contributed by atoms with van der Waals surface area (Å²) in [6.07, 6.45) is 29.8. The first-order chi connectivity index (χ1) is 17.4. The van der Waals surface area contributed by atoms with Crippen LogP contribution >= 0.6 is 0 Å². The van der Waals surface area contributed by atoms with Crippen LogP contribution in [-0.4, -0.2) is 29.6 Å². The number of carbonyl (C=O) groups excluding carboxylic acids is 2. The molecule has 1 rings (SSSR count). The molecule has 196 valence electrons. The number of allylic oxidation sites excluding steroid dienone is 10. The van der Waals surface area contributed by atoms with E-state index in [4.69, 9.17) is 9.47 Å². The molecule has 0 bridgehead atoms. The Morgan fingerprint density at radius 3 is 2.25 bits per heavy atom. The van der Waals surface area contributed by atoms with Gasteiger partial charge in [0.25, 0.3) is 0 Å². The van der Waals surface area contributed by atoms with Gasteiger partial charge in [-0.15, -0.1) is 0 Å². The molecule has 1 atom stereocenters. The Kier molecular flexibility index (Phi) is 16.3. The second kappa shape index (κ2) is 19.0. The highest BCUT2D eigenvalue weighted by Crippen LogP contribution is 2.25. The molecule has 36 heavy (non-hydrogen) atoms. The first-order valence-electron chi connectivity index (χ1n) is 12.9. The zero-order valence-corrected chi connectivity index (χ0v) is 22.4. The molecule has 1 aromatic heterocycles. The predicted molar refractivity (Wildman–Crippen MR) is 148 cm³/mol. The number of ether oxygens (including phenoxy) is 2. The van der Waals surface area contributed by atoms with Crippen LogP contribution in [0.1, 0.15) is 83.0 Å². The molecule has 0 saturated carbocycles. The van der Waals surface area contributed by atoms with Crippen molar-refractivity contribution in [1.29, 1.82) is 0 Å². The van der Waals surface area contributed by atoms with Gasteiger partial charge in [0.2, 0.25) is 0 Å². The van der Waals surface area contributed by atoms with Gasteiger partial charge in [0.15, 0.2) is 0 Å². The predicted octanol–water partition coefficient (Wildman–Crippen LogP) is 7.73. The second-order valence-corrected chi connectivity index (χ2v) is 9.22. The largest absolute Gasteiger partial charge is 0.465 e. The second-order valence-electron chi connectivity index (χ2n) is 9.22. The average Bonchev–Trinajstić information content (AvgIpc) is 2.87. The van der Waals surface area contributed by atoms with Crippen LogP contribution in [0.3, 0.4) is 0 Å². The van der Waals surface area contributed by atoms with Gasteiger partial charge in [0, 0.05) is 24.2 Å². The number of aromatic nitrogens is 1. The lowest BCUT2D eigenvalue weighted by Gasteiger charge is -2.30. The molecule has 0 spiro atoms. The van der Waals surface area contributed by atoms with Gasteiger partial charge >= 0.3 is 11.9 Å². The molecule has 0 aliphatic heterocycles. The number of rotatable bonds is 17. The van der Waals surface area contributed by atoms with Gasteiger partial charge in [-0.3, -0.25) is 9.78 Å². The van der Waals surface area contributed by atoms with Gasteiger partial charge in [0.1, 0.15) is 6.10 Å². The third-order valence-corrected chi connectivity index (χ3v) is 5.57. The highest BCUT2D eigenvalue weighted by molar-refractivity contribution is 5.89. The molecular formula is C31H43NO4. The zero-order valence-electron chi connectivity index (χ0n) is 22.4. The van der Waals surface area contributed by atoms with E-state index in [0.717, 1.165) is 38.5 Å². The minimum Gasteiger partial charge on any atom is -0.465 e. The van der Waals surface area contributed by atoms with Gasteiger partial charge in [-0.25, -0.2) is 4.79 Å². The van der Waals surface area contributed by atoms with Crippen LogP contribution in [0.15, 0.2) is 85.3 Å². The summed E-state index contributed by atoms with van der Waals surface area (Å²) in [5.41, 5.74) is -0.106. The summed E-state index contributed by atoms with van der Waals surface area (Å²) in [7, 11) is 0. The Hall–Kier alpha value is -3.21. The van der Waals surface area contributed by atoms with Gasteiger partial charge in [-0.1, -0.05) is 81.5 Å². The van der Waals surface area contributed by atoms with E-state index >= 15 is 0 Å². The summed E-state index contributed by atoms with van der Waals surface area (Å²) < 4.78 is 11.0. The standard InChI is InChI=1S/C31H43NO4/c1-5-6-7-8-9-10-11-12-13-14-15-16-17-18-19-20-23-29(33)35-26-31(3,4)27(2)36-30(34)28-22-21-24-32-25-28/h6-7,9-10,12-13,15-18,21-22,24-25,27H,5,8,11,14,19-20,23,26H2,1-4H3/b7-6-,10-9-,13-12-,16-15+,18-17-. The maximum Gasteiger partial charge on any atom is 0.339 e. The normalized spacial score (nSPS) is 13.4. The summed E-state index contributed by atoms with van der Waals surface area (Å²) in [6.45, 7) is 7.96. The van der Waals surface area contributed by atoms with Crippen molar-refractivity contribution in [3.05, 3.63) is 90.9 Å². The zero-order chi connectivity index (χ0) is 26.5. The molecule has 1 heterocycles. The topological polar surface area (TPSA) is 65.5 Å². The summed E-state index contributed by atoms with van der Waals surface area (Å²) in [4.78, 5) is 28.3. The minimum atomic E-state index is -0.505. The Balaban J connectivity index is 2.16. The van der Waals surface area contributed by atoms with Crippen LogP contribution in [0.25, 0.3) is 0 Å². The molecule has 0 fully saturated rings. The Labute approximate surface area is 217 Å². The van der Waals surface area contributed by atoms with Crippen molar-refractivity contribution in [1.82, 2.24) is 4.98 Å². The highest BCUT2D eigenvalue weighted by atomic mass is 16.6. The smallest absolute Gasteiger partial charge is 0.339 e. The fraction of sp³-hybridized carbons (Fsp3) is 0.452. The molecule has 0 aliphatic rings. The summed E-state index contributed by atoms with van der Waals surface area (Å²) in [5, 5.41) is 0. The first-order valence-corrected chi connectivity index (χ1v) is 12.9. The molecule has 0 aromatic carbocycles. The number of hydrogen-bond donors (Lipinski definition) is 0. The molecule has 1 unspecified atom stereocenters. The van der Waals surface area contributed by atoms with Gasteiger partial charge < -0.3 is 9.47 Å². The van der Waals surface area contributed by atoms with Crippen LogP contribution in [0.5, 0.6) is 0 Å². The average molecular weight is 494 g/mol. The maximum absolute atomic E-state index is 12.2. The van der Waals surface area contributed by atoms with E-state index in [9.17, 15) is 9.59 Å². The van der Waals surface area contributed by atoms with Crippen LogP contribution in [-0.2, 0) is 14.3 Å². The molecule has 0 amide bonds. The number of nitrogens with zero attached hydrogens (tertiary/aromatic N) is 1. The van der Waals surface area contributed by atoms with Crippen molar-refractivity contribution in [2.45, 2.75) is 78.7 Å². The highest BCUT2D eigenvalue weighted by Gasteiger charge is 2.31. The number of hydrogen-bond acceptors (Lipinski definition) is 5. The van der Waals surface area contributed by atoms with Gasteiger partial charge in [-0.2, -0.15) is 0 Å². The quantitative estimate of drug-likeness (QED) is 0.0961. The third-order valence-electron chi connectivity index (χ3n) is 5.57. The van der Waals surface area contributed by atoms with Crippen LogP contribution in [0.2, 0.25) is 0 Å². The molecule has 0 aliphatic carbocycles. The van der Waals surface area contributed by atoms with Crippen LogP contribution < -0.4 is 0 Å². The van der Waals surface area contributed by atoms with Crippen molar-refractivity contribution in [2.24, 2.45) is 5.41 Å². The van der Waals surface area contributed by atoms with Gasteiger partial charge in [0.05, 0.1) is 12.2 Å². The third kappa shape index (κ3) is 14.9. The number of unbranched alkanes of at least 4 members (excludes halogenated alkanes) is 1. The van der Waals surface area contributed by atoms with E-state index in [1.54, 1.807) is 25.3 Å². The van der Waals surface area contributed by atoms with Crippen molar-refractivity contribution >= 4 is 11.9 Å². The molecule has 0 radical (unpaired) electrons.